The third-order valence-corrected chi connectivity index (χ3v) is 5.10. The highest BCUT2D eigenvalue weighted by atomic mass is 32.1. The van der Waals surface area contributed by atoms with E-state index in [2.05, 4.69) is 15.2 Å². The van der Waals surface area contributed by atoms with Gasteiger partial charge in [0, 0.05) is 55.4 Å². The van der Waals surface area contributed by atoms with Gasteiger partial charge in [0.1, 0.15) is 6.54 Å². The summed E-state index contributed by atoms with van der Waals surface area (Å²) in [6, 6.07) is 11.1. The van der Waals surface area contributed by atoms with Gasteiger partial charge in [-0.15, -0.1) is 0 Å². The molecule has 1 aliphatic heterocycles. The zero-order valence-electron chi connectivity index (χ0n) is 16.3. The molecule has 3 rings (SSSR count). The minimum atomic E-state index is -0.310. The van der Waals surface area contributed by atoms with Crippen LogP contribution in [0.1, 0.15) is 22.8 Å². The van der Waals surface area contributed by atoms with E-state index in [1.807, 2.05) is 29.2 Å². The van der Waals surface area contributed by atoms with Crippen LogP contribution in [0, 0.1) is 0 Å². The molecule has 7 nitrogen and oxygen atoms in total. The van der Waals surface area contributed by atoms with Crippen molar-refractivity contribution in [2.24, 2.45) is 0 Å². The Morgan fingerprint density at radius 3 is 2.28 bits per heavy atom. The molecule has 1 fully saturated rings. The lowest BCUT2D eigenvalue weighted by molar-refractivity contribution is -0.141. The topological polar surface area (TPSA) is 74.8 Å². The van der Waals surface area contributed by atoms with Crippen LogP contribution in [0.4, 0.5) is 5.69 Å². The number of ether oxygens (including phenoxy) is 1. The Bertz CT molecular complexity index is 850. The number of pyridine rings is 1. The summed E-state index contributed by atoms with van der Waals surface area (Å²) in [5, 5.41) is 3.52. The molecule has 0 atom stereocenters. The molecule has 29 heavy (non-hydrogen) atoms. The maximum Gasteiger partial charge on any atom is 0.325 e. The SMILES string of the molecule is CCOC(=O)CNC(=S)N1CCN(c2ccc(C(=O)c3ccncc3)cc2)CC1. The standard InChI is InChI=1S/C21H24N4O3S/c1-2-28-19(26)15-23-21(29)25-13-11-24(12-14-25)18-5-3-16(4-6-18)20(27)17-7-9-22-10-8-17/h3-10H,2,11-15H2,1H3,(H,23,29). The number of ketones is 1. The molecule has 1 aliphatic rings. The number of rotatable bonds is 6. The number of carbonyl (C=O) groups is 2. The highest BCUT2D eigenvalue weighted by molar-refractivity contribution is 7.80. The molecular weight excluding hydrogens is 388 g/mol. The number of benzene rings is 1. The van der Waals surface area contributed by atoms with Gasteiger partial charge in [-0.2, -0.15) is 0 Å². The first-order valence-corrected chi connectivity index (χ1v) is 9.97. The van der Waals surface area contributed by atoms with Gasteiger partial charge in [0.05, 0.1) is 6.61 Å². The minimum absolute atomic E-state index is 0.0122. The number of hydrogen-bond donors (Lipinski definition) is 1. The van der Waals surface area contributed by atoms with Crippen LogP contribution in [0.3, 0.4) is 0 Å². The summed E-state index contributed by atoms with van der Waals surface area (Å²) in [6.07, 6.45) is 3.24. The van der Waals surface area contributed by atoms with Gasteiger partial charge in [-0.05, 0) is 55.5 Å². The number of carbonyl (C=O) groups excluding carboxylic acids is 2. The second-order valence-corrected chi connectivity index (χ2v) is 6.94. The first-order valence-electron chi connectivity index (χ1n) is 9.56. The van der Waals surface area contributed by atoms with Gasteiger partial charge < -0.3 is 19.9 Å². The van der Waals surface area contributed by atoms with E-state index in [0.717, 1.165) is 31.9 Å². The summed E-state index contributed by atoms with van der Waals surface area (Å²) < 4.78 is 4.89. The predicted molar refractivity (Wildman–Crippen MR) is 115 cm³/mol. The number of hydrogen-bond acceptors (Lipinski definition) is 6. The second-order valence-electron chi connectivity index (χ2n) is 6.55. The van der Waals surface area contributed by atoms with Crippen LogP contribution in [0.25, 0.3) is 0 Å². The highest BCUT2D eigenvalue weighted by Gasteiger charge is 2.20. The summed E-state index contributed by atoms with van der Waals surface area (Å²) in [6.45, 7) is 5.34. The number of anilines is 1. The van der Waals surface area contributed by atoms with Crippen LogP contribution in [0.5, 0.6) is 0 Å². The van der Waals surface area contributed by atoms with Gasteiger partial charge in [-0.3, -0.25) is 14.6 Å². The normalized spacial score (nSPS) is 13.7. The van der Waals surface area contributed by atoms with Crippen LogP contribution in [-0.4, -0.2) is 66.1 Å². The number of nitrogens with one attached hydrogen (secondary N) is 1. The van der Waals surface area contributed by atoms with Crippen LogP contribution >= 0.6 is 12.2 Å². The molecule has 1 aromatic heterocycles. The van der Waals surface area contributed by atoms with Gasteiger partial charge in [-0.25, -0.2) is 0 Å². The van der Waals surface area contributed by atoms with Crippen molar-refractivity contribution in [2.45, 2.75) is 6.92 Å². The van der Waals surface area contributed by atoms with E-state index in [0.29, 0.717) is 22.8 Å². The second kappa shape index (κ2) is 9.97. The molecule has 0 unspecified atom stereocenters. The van der Waals surface area contributed by atoms with Gasteiger partial charge in [0.2, 0.25) is 0 Å². The molecule has 0 saturated carbocycles. The van der Waals surface area contributed by atoms with E-state index >= 15 is 0 Å². The fourth-order valence-corrected chi connectivity index (χ4v) is 3.39. The molecule has 0 bridgehead atoms. The molecule has 1 N–H and O–H groups in total. The van der Waals surface area contributed by atoms with E-state index < -0.39 is 0 Å². The Kier molecular flexibility index (Phi) is 7.13. The van der Waals surface area contributed by atoms with Gasteiger partial charge in [-0.1, -0.05) is 0 Å². The van der Waals surface area contributed by atoms with E-state index in [9.17, 15) is 9.59 Å². The Morgan fingerprint density at radius 2 is 1.66 bits per heavy atom. The molecule has 152 valence electrons. The Morgan fingerprint density at radius 1 is 1.03 bits per heavy atom. The van der Waals surface area contributed by atoms with E-state index in [4.69, 9.17) is 17.0 Å². The zero-order chi connectivity index (χ0) is 20.6. The average Bonchev–Trinajstić information content (AvgIpc) is 2.78. The molecule has 1 aromatic carbocycles. The first-order chi connectivity index (χ1) is 14.1. The quantitative estimate of drug-likeness (QED) is 0.438. The molecule has 0 amide bonds. The van der Waals surface area contributed by atoms with E-state index in [1.165, 1.54) is 0 Å². The maximum absolute atomic E-state index is 12.5. The lowest BCUT2D eigenvalue weighted by atomic mass is 10.0. The van der Waals surface area contributed by atoms with Crippen molar-refractivity contribution in [2.75, 3.05) is 44.2 Å². The van der Waals surface area contributed by atoms with Crippen LogP contribution in [0.15, 0.2) is 48.8 Å². The van der Waals surface area contributed by atoms with Crippen molar-refractivity contribution in [3.05, 3.63) is 59.9 Å². The number of thiocarbonyl (C=S) groups is 1. The molecular formula is C21H24N4O3S. The number of piperazine rings is 1. The van der Waals surface area contributed by atoms with Crippen molar-refractivity contribution >= 4 is 34.8 Å². The minimum Gasteiger partial charge on any atom is -0.465 e. The number of nitrogens with zero attached hydrogens (tertiary/aromatic N) is 3. The molecule has 0 spiro atoms. The number of aromatic nitrogens is 1. The highest BCUT2D eigenvalue weighted by Crippen LogP contribution is 2.19. The van der Waals surface area contributed by atoms with Crippen molar-refractivity contribution in [3.8, 4) is 0 Å². The third kappa shape index (κ3) is 5.51. The molecule has 2 aromatic rings. The first kappa shape index (κ1) is 20.7. The number of esters is 1. The summed E-state index contributed by atoms with van der Waals surface area (Å²) in [5.74, 6) is -0.323. The summed E-state index contributed by atoms with van der Waals surface area (Å²) in [5.41, 5.74) is 2.36. The van der Waals surface area contributed by atoms with Crippen LogP contribution in [-0.2, 0) is 9.53 Å². The predicted octanol–water partition coefficient (Wildman–Crippen LogP) is 1.87. The molecule has 0 radical (unpaired) electrons. The summed E-state index contributed by atoms with van der Waals surface area (Å²) >= 11 is 5.37. The fraction of sp³-hybridized carbons (Fsp3) is 0.333. The Hall–Kier alpha value is -3.00. The summed E-state index contributed by atoms with van der Waals surface area (Å²) in [4.78, 5) is 32.2. The molecule has 0 aliphatic carbocycles. The largest absolute Gasteiger partial charge is 0.465 e. The fourth-order valence-electron chi connectivity index (χ4n) is 3.13. The molecule has 8 heteroatoms. The molecule has 2 heterocycles. The maximum atomic E-state index is 12.5. The van der Waals surface area contributed by atoms with Gasteiger partial charge >= 0.3 is 5.97 Å². The smallest absolute Gasteiger partial charge is 0.325 e. The monoisotopic (exact) mass is 412 g/mol. The lowest BCUT2D eigenvalue weighted by Crippen LogP contribution is -2.52. The lowest BCUT2D eigenvalue weighted by Gasteiger charge is -2.37. The van der Waals surface area contributed by atoms with Crippen molar-refractivity contribution in [3.63, 3.8) is 0 Å². The Balaban J connectivity index is 1.51. The Labute approximate surface area is 175 Å². The van der Waals surface area contributed by atoms with Crippen molar-refractivity contribution in [1.82, 2.24) is 15.2 Å². The van der Waals surface area contributed by atoms with E-state index in [1.54, 1.807) is 31.5 Å². The van der Waals surface area contributed by atoms with Crippen molar-refractivity contribution in [1.29, 1.82) is 0 Å². The summed E-state index contributed by atoms with van der Waals surface area (Å²) in [7, 11) is 0. The molecule has 1 saturated heterocycles. The van der Waals surface area contributed by atoms with Crippen LogP contribution in [0.2, 0.25) is 0 Å². The average molecular weight is 413 g/mol. The van der Waals surface area contributed by atoms with E-state index in [-0.39, 0.29) is 18.3 Å². The van der Waals surface area contributed by atoms with Crippen molar-refractivity contribution < 1.29 is 14.3 Å². The third-order valence-electron chi connectivity index (χ3n) is 4.69. The zero-order valence-corrected chi connectivity index (χ0v) is 17.2. The van der Waals surface area contributed by atoms with Gasteiger partial charge in [0.15, 0.2) is 10.9 Å². The van der Waals surface area contributed by atoms with Gasteiger partial charge in [0.25, 0.3) is 0 Å². The van der Waals surface area contributed by atoms with Crippen LogP contribution < -0.4 is 10.2 Å².